The first-order valence-electron chi connectivity index (χ1n) is 5.26. The van der Waals surface area contributed by atoms with E-state index < -0.39 is 0 Å². The van der Waals surface area contributed by atoms with Gasteiger partial charge >= 0.3 is 0 Å². The van der Waals surface area contributed by atoms with Gasteiger partial charge in [-0.25, -0.2) is 4.98 Å². The van der Waals surface area contributed by atoms with Crippen molar-refractivity contribution >= 4 is 34.6 Å². The number of rotatable bonds is 1. The zero-order valence-electron chi connectivity index (χ0n) is 9.52. The summed E-state index contributed by atoms with van der Waals surface area (Å²) < 4.78 is 2.83. The van der Waals surface area contributed by atoms with Crippen molar-refractivity contribution in [3.8, 4) is 11.3 Å². The summed E-state index contributed by atoms with van der Waals surface area (Å²) >= 11 is 6.77. The monoisotopic (exact) mass is 261 g/mol. The zero-order valence-corrected chi connectivity index (χ0v) is 11.2. The molecule has 0 radical (unpaired) electrons. The van der Waals surface area contributed by atoms with Crippen molar-refractivity contribution in [2.45, 2.75) is 6.92 Å². The highest BCUT2D eigenvalue weighted by molar-refractivity contribution is 7.73. The molecular formula is C12H11N3S2. The van der Waals surface area contributed by atoms with Crippen LogP contribution in [-0.2, 0) is 7.05 Å². The van der Waals surface area contributed by atoms with Crippen LogP contribution < -0.4 is 0 Å². The van der Waals surface area contributed by atoms with Gasteiger partial charge in [-0.15, -0.1) is 11.3 Å². The number of aromatic nitrogens is 3. The lowest BCUT2D eigenvalue weighted by molar-refractivity contribution is 0.948. The third-order valence-corrected chi connectivity index (χ3v) is 3.99. The van der Waals surface area contributed by atoms with E-state index in [1.165, 1.54) is 4.88 Å². The summed E-state index contributed by atoms with van der Waals surface area (Å²) in [5, 5.41) is 0. The Morgan fingerprint density at radius 3 is 2.94 bits per heavy atom. The maximum absolute atomic E-state index is 5.16. The molecule has 0 atom stereocenters. The highest BCUT2D eigenvalue weighted by Crippen LogP contribution is 2.27. The van der Waals surface area contributed by atoms with Crippen LogP contribution in [0.4, 0.5) is 0 Å². The van der Waals surface area contributed by atoms with Crippen LogP contribution in [0.1, 0.15) is 4.88 Å². The van der Waals surface area contributed by atoms with E-state index in [2.05, 4.69) is 35.1 Å². The van der Waals surface area contributed by atoms with E-state index in [0.29, 0.717) is 0 Å². The molecule has 0 bridgehead atoms. The van der Waals surface area contributed by atoms with Crippen molar-refractivity contribution in [1.29, 1.82) is 0 Å². The first kappa shape index (κ1) is 10.7. The molecule has 1 N–H and O–H groups in total. The van der Waals surface area contributed by atoms with Gasteiger partial charge in [0.15, 0.2) is 3.95 Å². The normalized spacial score (nSPS) is 11.2. The largest absolute Gasteiger partial charge is 0.337 e. The van der Waals surface area contributed by atoms with Crippen molar-refractivity contribution in [3.63, 3.8) is 0 Å². The fraction of sp³-hybridized carbons (Fsp3) is 0.167. The van der Waals surface area contributed by atoms with E-state index >= 15 is 0 Å². The molecule has 0 amide bonds. The van der Waals surface area contributed by atoms with Crippen LogP contribution in [0.2, 0.25) is 0 Å². The molecule has 0 aliphatic rings. The molecule has 2 heterocycles. The van der Waals surface area contributed by atoms with Gasteiger partial charge in [-0.3, -0.25) is 0 Å². The number of H-pyrrole nitrogens is 1. The number of aromatic amines is 1. The number of hydrogen-bond donors (Lipinski definition) is 1. The molecule has 2 aromatic heterocycles. The van der Waals surface area contributed by atoms with E-state index in [1.54, 1.807) is 11.3 Å². The second-order valence-electron chi connectivity index (χ2n) is 4.00. The molecule has 0 unspecified atom stereocenters. The number of imidazole rings is 1. The van der Waals surface area contributed by atoms with E-state index in [9.17, 15) is 0 Å². The first-order valence-corrected chi connectivity index (χ1v) is 6.49. The fourth-order valence-corrected chi connectivity index (χ4v) is 3.15. The Hall–Kier alpha value is -1.46. The molecule has 0 saturated heterocycles. The Balaban J connectivity index is 2.24. The molecule has 17 heavy (non-hydrogen) atoms. The van der Waals surface area contributed by atoms with Gasteiger partial charge in [0.25, 0.3) is 0 Å². The molecule has 5 heteroatoms. The molecule has 0 aliphatic heterocycles. The number of hydrogen-bond acceptors (Lipinski definition) is 3. The van der Waals surface area contributed by atoms with Gasteiger partial charge in [0.05, 0.1) is 23.1 Å². The van der Waals surface area contributed by atoms with Gasteiger partial charge in [0.2, 0.25) is 0 Å². The van der Waals surface area contributed by atoms with Crippen molar-refractivity contribution in [1.82, 2.24) is 14.5 Å². The number of nitrogens with one attached hydrogen (secondary N) is 1. The SMILES string of the molecule is Cc1sc(=S)[nH]c1-c1ccc2c(c1)ncn2C. The van der Waals surface area contributed by atoms with Crippen LogP contribution in [-0.4, -0.2) is 14.5 Å². The Bertz CT molecular complexity index is 749. The summed E-state index contributed by atoms with van der Waals surface area (Å²) in [6.07, 6.45) is 1.83. The van der Waals surface area contributed by atoms with Gasteiger partial charge in [-0.05, 0) is 31.3 Å². The molecule has 86 valence electrons. The van der Waals surface area contributed by atoms with Gasteiger partial charge in [-0.2, -0.15) is 0 Å². The third kappa shape index (κ3) is 1.71. The molecule has 0 spiro atoms. The number of thiazole rings is 1. The minimum atomic E-state index is 0.818. The summed E-state index contributed by atoms with van der Waals surface area (Å²) in [5.41, 5.74) is 4.39. The zero-order chi connectivity index (χ0) is 12.0. The summed E-state index contributed by atoms with van der Waals surface area (Å²) in [7, 11) is 2.00. The summed E-state index contributed by atoms with van der Waals surface area (Å²) in [4.78, 5) is 8.81. The van der Waals surface area contributed by atoms with Crippen molar-refractivity contribution in [2.24, 2.45) is 7.05 Å². The van der Waals surface area contributed by atoms with Crippen LogP contribution >= 0.6 is 23.6 Å². The van der Waals surface area contributed by atoms with Gasteiger partial charge < -0.3 is 9.55 Å². The van der Waals surface area contributed by atoms with Gasteiger partial charge in [-0.1, -0.05) is 6.07 Å². The average Bonchev–Trinajstić information content (AvgIpc) is 2.82. The lowest BCUT2D eigenvalue weighted by atomic mass is 10.1. The molecule has 1 aromatic carbocycles. The Labute approximate surface area is 108 Å². The second-order valence-corrected chi connectivity index (χ2v) is 5.90. The second kappa shape index (κ2) is 3.78. The summed E-state index contributed by atoms with van der Waals surface area (Å²) in [6, 6.07) is 6.28. The number of fused-ring (bicyclic) bond motifs is 1. The van der Waals surface area contributed by atoms with Crippen molar-refractivity contribution in [2.75, 3.05) is 0 Å². The van der Waals surface area contributed by atoms with Crippen LogP contribution in [0.25, 0.3) is 22.3 Å². The molecule has 3 nitrogen and oxygen atoms in total. The highest BCUT2D eigenvalue weighted by atomic mass is 32.1. The minimum Gasteiger partial charge on any atom is -0.337 e. The Morgan fingerprint density at radius 2 is 2.24 bits per heavy atom. The topological polar surface area (TPSA) is 33.6 Å². The molecule has 0 aliphatic carbocycles. The first-order chi connectivity index (χ1) is 8.15. The van der Waals surface area contributed by atoms with E-state index in [-0.39, 0.29) is 0 Å². The molecule has 0 fully saturated rings. The van der Waals surface area contributed by atoms with Crippen LogP contribution in [0.15, 0.2) is 24.5 Å². The quantitative estimate of drug-likeness (QED) is 0.678. The van der Waals surface area contributed by atoms with Crippen molar-refractivity contribution < 1.29 is 0 Å². The van der Waals surface area contributed by atoms with E-state index in [1.807, 2.05) is 17.9 Å². The lowest BCUT2D eigenvalue weighted by Crippen LogP contribution is -1.84. The average molecular weight is 261 g/mol. The van der Waals surface area contributed by atoms with E-state index in [0.717, 1.165) is 26.2 Å². The summed E-state index contributed by atoms with van der Waals surface area (Å²) in [5.74, 6) is 0. The molecule has 3 aromatic rings. The number of benzene rings is 1. The predicted molar refractivity (Wildman–Crippen MR) is 73.9 cm³/mol. The van der Waals surface area contributed by atoms with E-state index in [4.69, 9.17) is 12.2 Å². The smallest absolute Gasteiger partial charge is 0.159 e. The molecule has 3 rings (SSSR count). The van der Waals surface area contributed by atoms with Crippen LogP contribution in [0.5, 0.6) is 0 Å². The third-order valence-electron chi connectivity index (χ3n) is 2.84. The molecular weight excluding hydrogens is 250 g/mol. The highest BCUT2D eigenvalue weighted by Gasteiger charge is 2.07. The summed E-state index contributed by atoms with van der Waals surface area (Å²) in [6.45, 7) is 2.08. The molecule has 0 saturated carbocycles. The predicted octanol–water partition coefficient (Wildman–Crippen LogP) is 3.67. The fourth-order valence-electron chi connectivity index (χ4n) is 1.97. The van der Waals surface area contributed by atoms with Gasteiger partial charge in [0.1, 0.15) is 0 Å². The van der Waals surface area contributed by atoms with Crippen LogP contribution in [0.3, 0.4) is 0 Å². The standard InChI is InChI=1S/C12H11N3S2/c1-7-11(14-12(16)17-7)8-3-4-10-9(5-8)13-6-15(10)2/h3-6H,1-2H3,(H,14,16). The maximum atomic E-state index is 5.16. The lowest BCUT2D eigenvalue weighted by Gasteiger charge is -2.00. The Morgan fingerprint density at radius 1 is 1.41 bits per heavy atom. The van der Waals surface area contributed by atoms with Crippen LogP contribution in [0, 0.1) is 10.9 Å². The Kier molecular flexibility index (Phi) is 2.38. The number of nitrogens with zero attached hydrogens (tertiary/aromatic N) is 2. The minimum absolute atomic E-state index is 0.818. The maximum Gasteiger partial charge on any atom is 0.159 e. The number of aryl methyl sites for hydroxylation is 2. The van der Waals surface area contributed by atoms with Crippen molar-refractivity contribution in [3.05, 3.63) is 33.4 Å². The van der Waals surface area contributed by atoms with Gasteiger partial charge in [0, 0.05) is 17.5 Å².